The van der Waals surface area contributed by atoms with E-state index < -0.39 is 23.8 Å². The lowest BCUT2D eigenvalue weighted by atomic mass is 10.0. The highest BCUT2D eigenvalue weighted by Crippen LogP contribution is 2.37. The number of nitriles is 1. The fraction of sp³-hybridized carbons (Fsp3) is 0.200. The third-order valence-corrected chi connectivity index (χ3v) is 7.75. The number of pyridine rings is 1. The normalized spacial score (nSPS) is 16.9. The molecule has 0 amide bonds. The molecule has 6 rings (SSSR count). The maximum atomic E-state index is 14.1. The summed E-state index contributed by atoms with van der Waals surface area (Å²) in [5.41, 5.74) is 3.49. The monoisotopic (exact) mass is 622 g/mol. The quantitative estimate of drug-likeness (QED) is 0.175. The van der Waals surface area contributed by atoms with Crippen LogP contribution in [0.4, 0.5) is 30.2 Å². The average molecular weight is 623 g/mol. The van der Waals surface area contributed by atoms with E-state index >= 15 is 0 Å². The molecule has 2 atom stereocenters. The van der Waals surface area contributed by atoms with Crippen molar-refractivity contribution in [3.05, 3.63) is 106 Å². The fourth-order valence-corrected chi connectivity index (χ4v) is 5.57. The van der Waals surface area contributed by atoms with Gasteiger partial charge in [0.15, 0.2) is 0 Å². The molecule has 1 aliphatic heterocycles. The Hall–Kier alpha value is -4.37. The first-order valence-corrected chi connectivity index (χ1v) is 14.0. The van der Waals surface area contributed by atoms with Crippen molar-refractivity contribution in [2.24, 2.45) is 0 Å². The highest BCUT2D eigenvalue weighted by molar-refractivity contribution is 6.36. The van der Waals surface area contributed by atoms with Crippen molar-refractivity contribution in [2.45, 2.75) is 24.4 Å². The van der Waals surface area contributed by atoms with Gasteiger partial charge in [0.1, 0.15) is 17.6 Å². The van der Waals surface area contributed by atoms with Crippen molar-refractivity contribution >= 4 is 51.2 Å². The molecule has 218 valence electrons. The molecule has 0 aliphatic carbocycles. The second kappa shape index (κ2) is 11.7. The Morgan fingerprint density at radius 3 is 2.60 bits per heavy atom. The molecule has 3 heterocycles. The van der Waals surface area contributed by atoms with E-state index in [1.807, 2.05) is 30.3 Å². The van der Waals surface area contributed by atoms with Gasteiger partial charge in [-0.05, 0) is 35.9 Å². The van der Waals surface area contributed by atoms with E-state index in [0.717, 1.165) is 5.56 Å². The summed E-state index contributed by atoms with van der Waals surface area (Å²) in [6.45, 7) is -0.0131. The van der Waals surface area contributed by atoms with Crippen molar-refractivity contribution in [3.63, 3.8) is 0 Å². The van der Waals surface area contributed by atoms with Gasteiger partial charge in [-0.1, -0.05) is 58.7 Å². The first kappa shape index (κ1) is 28.7. The second-order valence-electron chi connectivity index (χ2n) is 10.2. The number of hydrogen-bond donors (Lipinski definition) is 3. The number of aromatic nitrogens is 4. The molecule has 0 spiro atoms. The van der Waals surface area contributed by atoms with Gasteiger partial charge >= 0.3 is 0 Å². The van der Waals surface area contributed by atoms with Gasteiger partial charge in [-0.3, -0.25) is 4.98 Å². The van der Waals surface area contributed by atoms with Crippen LogP contribution in [0.2, 0.25) is 10.0 Å². The van der Waals surface area contributed by atoms with Crippen LogP contribution < -0.4 is 16.0 Å². The minimum absolute atomic E-state index is 0.0752. The Morgan fingerprint density at radius 2 is 1.86 bits per heavy atom. The molecule has 1 fully saturated rings. The molecule has 0 bridgehead atoms. The molecule has 1 saturated heterocycles. The van der Waals surface area contributed by atoms with E-state index in [2.05, 4.69) is 37.3 Å². The molecule has 43 heavy (non-hydrogen) atoms. The summed E-state index contributed by atoms with van der Waals surface area (Å²) in [5.74, 6) is -3.41. The minimum Gasteiger partial charge on any atom is -0.373 e. The zero-order chi connectivity index (χ0) is 30.1. The Kier molecular flexibility index (Phi) is 7.83. The van der Waals surface area contributed by atoms with Crippen molar-refractivity contribution in [2.75, 3.05) is 23.7 Å². The van der Waals surface area contributed by atoms with Crippen LogP contribution in [0.15, 0.2) is 73.1 Å². The Bertz CT molecular complexity index is 1840. The van der Waals surface area contributed by atoms with Gasteiger partial charge in [-0.25, -0.2) is 17.9 Å². The smallest absolute Gasteiger partial charge is 0.262 e. The second-order valence-corrected chi connectivity index (χ2v) is 11.0. The predicted molar refractivity (Wildman–Crippen MR) is 160 cm³/mol. The summed E-state index contributed by atoms with van der Waals surface area (Å²) in [6.07, 6.45) is 2.74. The van der Waals surface area contributed by atoms with Crippen molar-refractivity contribution in [3.8, 4) is 6.07 Å². The van der Waals surface area contributed by atoms with Crippen LogP contribution in [0, 0.1) is 17.1 Å². The van der Waals surface area contributed by atoms with Gasteiger partial charge in [0.25, 0.3) is 5.92 Å². The predicted octanol–water partition coefficient (Wildman–Crippen LogP) is 7.26. The van der Waals surface area contributed by atoms with E-state index in [0.29, 0.717) is 45.2 Å². The fourth-order valence-electron chi connectivity index (χ4n) is 5.12. The molecular weight excluding hydrogens is 600 g/mol. The number of benzene rings is 3. The van der Waals surface area contributed by atoms with Crippen molar-refractivity contribution < 1.29 is 13.2 Å². The summed E-state index contributed by atoms with van der Waals surface area (Å²) in [5, 5.41) is 28.5. The van der Waals surface area contributed by atoms with Crippen LogP contribution in [-0.4, -0.2) is 39.0 Å². The molecule has 0 radical (unpaired) electrons. The maximum Gasteiger partial charge on any atom is 0.262 e. The van der Waals surface area contributed by atoms with Gasteiger partial charge in [0, 0.05) is 35.9 Å². The third kappa shape index (κ3) is 6.08. The van der Waals surface area contributed by atoms with Gasteiger partial charge in [0.05, 0.1) is 51.6 Å². The standard InChI is InChI=1S/C30H23Cl2F3N8/c31-23-9-19(6-7-25(23)33)39-27-18(12-36)13-38-29-22(27)8-20(10-24(29)32)40-28(17-4-2-1-3-5-17)26-15-43(42-41-26)21-11-30(34,35)16-37-14-21/h1-10,13,15,21,28,37,40H,11,14,16H2,(H,38,39)/t21?,28-/m0/s1. The van der Waals surface area contributed by atoms with Crippen LogP contribution in [-0.2, 0) is 0 Å². The largest absolute Gasteiger partial charge is 0.373 e. The Morgan fingerprint density at radius 1 is 1.07 bits per heavy atom. The summed E-state index contributed by atoms with van der Waals surface area (Å²) >= 11 is 12.7. The molecule has 1 unspecified atom stereocenters. The van der Waals surface area contributed by atoms with Crippen molar-refractivity contribution in [1.29, 1.82) is 5.26 Å². The number of nitrogens with one attached hydrogen (secondary N) is 3. The third-order valence-electron chi connectivity index (χ3n) is 7.17. The molecule has 13 heteroatoms. The Balaban J connectivity index is 1.39. The van der Waals surface area contributed by atoms with E-state index in [4.69, 9.17) is 23.2 Å². The number of alkyl halides is 2. The SMILES string of the molecule is N#Cc1cnc2c(Cl)cc(N[C@@H](c3ccccc3)c3cn(C4CNCC(F)(F)C4)nn3)cc2c1Nc1ccc(F)c(Cl)c1. The van der Waals surface area contributed by atoms with Crippen LogP contribution in [0.3, 0.4) is 0 Å². The molecule has 2 aromatic heterocycles. The Labute approximate surface area is 254 Å². The van der Waals surface area contributed by atoms with Crippen LogP contribution in [0.1, 0.15) is 35.3 Å². The summed E-state index contributed by atoms with van der Waals surface area (Å²) < 4.78 is 43.4. The molecular formula is C30H23Cl2F3N8. The number of piperidine rings is 1. The van der Waals surface area contributed by atoms with E-state index in [1.165, 1.54) is 29.1 Å². The van der Waals surface area contributed by atoms with E-state index in [-0.39, 0.29) is 23.6 Å². The first-order chi connectivity index (χ1) is 20.7. The molecule has 5 aromatic rings. The lowest BCUT2D eigenvalue weighted by molar-refractivity contribution is -0.0383. The number of rotatable bonds is 7. The lowest BCUT2D eigenvalue weighted by Crippen LogP contribution is -2.44. The van der Waals surface area contributed by atoms with Gasteiger partial charge in [0.2, 0.25) is 0 Å². The minimum atomic E-state index is -2.84. The van der Waals surface area contributed by atoms with Crippen LogP contribution >= 0.6 is 23.2 Å². The highest BCUT2D eigenvalue weighted by Gasteiger charge is 2.37. The van der Waals surface area contributed by atoms with Crippen LogP contribution in [0.5, 0.6) is 0 Å². The highest BCUT2D eigenvalue weighted by atomic mass is 35.5. The molecule has 3 aromatic carbocycles. The molecule has 3 N–H and O–H groups in total. The summed E-state index contributed by atoms with van der Waals surface area (Å²) in [4.78, 5) is 4.39. The van der Waals surface area contributed by atoms with Gasteiger partial charge < -0.3 is 16.0 Å². The van der Waals surface area contributed by atoms with Gasteiger partial charge in [-0.15, -0.1) is 5.10 Å². The molecule has 0 saturated carbocycles. The number of hydrogen-bond acceptors (Lipinski definition) is 7. The number of nitrogens with zero attached hydrogens (tertiary/aromatic N) is 5. The number of anilines is 3. The van der Waals surface area contributed by atoms with Crippen molar-refractivity contribution in [1.82, 2.24) is 25.3 Å². The topological polar surface area (TPSA) is 103 Å². The zero-order valence-corrected chi connectivity index (χ0v) is 23.8. The molecule has 1 aliphatic rings. The van der Waals surface area contributed by atoms with Crippen LogP contribution in [0.25, 0.3) is 10.9 Å². The van der Waals surface area contributed by atoms with E-state index in [1.54, 1.807) is 18.3 Å². The summed E-state index contributed by atoms with van der Waals surface area (Å²) in [6, 6.07) is 18.2. The average Bonchev–Trinajstić information content (AvgIpc) is 3.48. The van der Waals surface area contributed by atoms with Gasteiger partial charge in [-0.2, -0.15) is 5.26 Å². The first-order valence-electron chi connectivity index (χ1n) is 13.3. The summed E-state index contributed by atoms with van der Waals surface area (Å²) in [7, 11) is 0. The van der Waals surface area contributed by atoms with E-state index in [9.17, 15) is 18.4 Å². The zero-order valence-electron chi connectivity index (χ0n) is 22.3. The maximum absolute atomic E-state index is 14.1. The molecule has 8 nitrogen and oxygen atoms in total. The lowest BCUT2D eigenvalue weighted by Gasteiger charge is -2.29. The number of halogens is 5. The number of fused-ring (bicyclic) bond motifs is 1.